The number of aromatic nitrogens is 1. The number of H-pyrrole nitrogens is 1. The molecule has 0 radical (unpaired) electrons. The molecule has 0 spiro atoms. The summed E-state index contributed by atoms with van der Waals surface area (Å²) in [7, 11) is 0. The maximum absolute atomic E-state index is 13.7. The first-order valence-corrected chi connectivity index (χ1v) is 10.9. The second-order valence-corrected chi connectivity index (χ2v) is 8.40. The van der Waals surface area contributed by atoms with Crippen molar-refractivity contribution in [2.75, 3.05) is 5.32 Å². The molecule has 172 valence electrons. The number of halogens is 3. The highest BCUT2D eigenvalue weighted by Crippen LogP contribution is 2.37. The van der Waals surface area contributed by atoms with Gasteiger partial charge < -0.3 is 10.3 Å². The van der Waals surface area contributed by atoms with Gasteiger partial charge in [-0.3, -0.25) is 14.6 Å². The van der Waals surface area contributed by atoms with Crippen LogP contribution in [0.1, 0.15) is 53.6 Å². The first-order valence-electron chi connectivity index (χ1n) is 10.9. The molecule has 1 amide bonds. The number of nitrogens with one attached hydrogen (secondary N) is 2. The number of carbonyl (C=O) groups excluding carboxylic acids is 1. The molecule has 0 saturated heterocycles. The Balaban J connectivity index is 1.58. The molecule has 3 aromatic rings. The fraction of sp³-hybridized carbons (Fsp3) is 0.320. The van der Waals surface area contributed by atoms with Crippen molar-refractivity contribution >= 4 is 34.4 Å². The minimum atomic E-state index is -4.70. The van der Waals surface area contributed by atoms with E-state index in [-0.39, 0.29) is 11.3 Å². The number of rotatable bonds is 6. The van der Waals surface area contributed by atoms with Crippen LogP contribution in [0.4, 0.5) is 24.5 Å². The van der Waals surface area contributed by atoms with Crippen LogP contribution < -0.4 is 10.7 Å². The summed E-state index contributed by atoms with van der Waals surface area (Å²) in [6.45, 7) is 1.73. The van der Waals surface area contributed by atoms with E-state index in [9.17, 15) is 22.8 Å². The first-order chi connectivity index (χ1) is 15.7. The van der Waals surface area contributed by atoms with E-state index in [1.807, 2.05) is 0 Å². The highest BCUT2D eigenvalue weighted by Gasteiger charge is 2.34. The van der Waals surface area contributed by atoms with Crippen molar-refractivity contribution in [2.24, 2.45) is 10.9 Å². The molecule has 1 aliphatic carbocycles. The monoisotopic (exact) mass is 455 g/mol. The predicted molar refractivity (Wildman–Crippen MR) is 123 cm³/mol. The van der Waals surface area contributed by atoms with Crippen molar-refractivity contribution in [3.63, 3.8) is 0 Å². The lowest BCUT2D eigenvalue weighted by atomic mass is 9.82. The average molecular weight is 455 g/mol. The number of benzene rings is 2. The highest BCUT2D eigenvalue weighted by molar-refractivity contribution is 6.06. The van der Waals surface area contributed by atoms with Gasteiger partial charge in [-0.2, -0.15) is 13.2 Å². The fourth-order valence-electron chi connectivity index (χ4n) is 4.02. The number of pyridine rings is 1. The van der Waals surface area contributed by atoms with Crippen molar-refractivity contribution in [1.29, 1.82) is 0 Å². The van der Waals surface area contributed by atoms with E-state index in [1.54, 1.807) is 31.3 Å². The molecule has 4 rings (SSSR count). The molecule has 2 N–H and O–H groups in total. The van der Waals surface area contributed by atoms with Crippen molar-refractivity contribution in [2.45, 2.75) is 45.2 Å². The summed E-state index contributed by atoms with van der Waals surface area (Å²) < 4.78 is 41.1. The molecule has 33 heavy (non-hydrogen) atoms. The maximum atomic E-state index is 13.7. The molecule has 1 fully saturated rings. The third kappa shape index (κ3) is 4.99. The Kier molecular flexibility index (Phi) is 6.35. The van der Waals surface area contributed by atoms with Gasteiger partial charge >= 0.3 is 6.18 Å². The first kappa shape index (κ1) is 22.8. The Bertz CT molecular complexity index is 1270. The van der Waals surface area contributed by atoms with Gasteiger partial charge in [-0.1, -0.05) is 31.4 Å². The maximum Gasteiger partial charge on any atom is 0.418 e. The van der Waals surface area contributed by atoms with Crippen LogP contribution >= 0.6 is 0 Å². The highest BCUT2D eigenvalue weighted by atomic mass is 19.4. The number of aryl methyl sites for hydroxylation is 1. The van der Waals surface area contributed by atoms with E-state index in [2.05, 4.69) is 15.3 Å². The van der Waals surface area contributed by atoms with Crippen molar-refractivity contribution in [3.8, 4) is 0 Å². The summed E-state index contributed by atoms with van der Waals surface area (Å²) in [5.41, 5.74) is -0.870. The summed E-state index contributed by atoms with van der Waals surface area (Å²) in [5.74, 6) is -0.217. The number of amides is 1. The summed E-state index contributed by atoms with van der Waals surface area (Å²) in [4.78, 5) is 32.6. The van der Waals surface area contributed by atoms with Crippen LogP contribution in [0.15, 0.2) is 52.4 Å². The van der Waals surface area contributed by atoms with Gasteiger partial charge in [-0.15, -0.1) is 0 Å². The minimum absolute atomic E-state index is 0.160. The summed E-state index contributed by atoms with van der Waals surface area (Å²) >= 11 is 0. The van der Waals surface area contributed by atoms with Crippen molar-refractivity contribution in [1.82, 2.24) is 4.98 Å². The molecule has 0 bridgehead atoms. The number of hydrogen-bond donors (Lipinski definition) is 2. The molecule has 1 heterocycles. The van der Waals surface area contributed by atoms with Crippen molar-refractivity contribution < 1.29 is 18.0 Å². The van der Waals surface area contributed by atoms with Gasteiger partial charge in [-0.05, 0) is 55.5 Å². The zero-order chi connectivity index (χ0) is 23.6. The van der Waals surface area contributed by atoms with Gasteiger partial charge in [0, 0.05) is 23.3 Å². The predicted octanol–water partition coefficient (Wildman–Crippen LogP) is 6.39. The number of alkyl halides is 3. The molecule has 0 atom stereocenters. The lowest BCUT2D eigenvalue weighted by Gasteiger charge is -2.24. The van der Waals surface area contributed by atoms with E-state index in [4.69, 9.17) is 0 Å². The Morgan fingerprint density at radius 3 is 2.73 bits per heavy atom. The molecule has 8 heteroatoms. The lowest BCUT2D eigenvalue weighted by molar-refractivity contribution is -0.136. The largest absolute Gasteiger partial charge is 0.418 e. The third-order valence-corrected chi connectivity index (χ3v) is 6.09. The van der Waals surface area contributed by atoms with Crippen LogP contribution in [0.3, 0.4) is 0 Å². The van der Waals surface area contributed by atoms with Gasteiger partial charge in [0.2, 0.25) is 5.43 Å². The zero-order valence-corrected chi connectivity index (χ0v) is 18.1. The second-order valence-electron chi connectivity index (χ2n) is 8.40. The molecule has 0 unspecified atom stereocenters. The van der Waals surface area contributed by atoms with Crippen LogP contribution in [0.5, 0.6) is 0 Å². The lowest BCUT2D eigenvalue weighted by Crippen LogP contribution is -2.23. The normalized spacial score (nSPS) is 14.5. The number of anilines is 1. The Morgan fingerprint density at radius 2 is 2.03 bits per heavy atom. The van der Waals surface area contributed by atoms with Gasteiger partial charge in [0.15, 0.2) is 0 Å². The van der Waals surface area contributed by atoms with Crippen LogP contribution in [0, 0.1) is 12.8 Å². The quantitative estimate of drug-likeness (QED) is 0.423. The second kappa shape index (κ2) is 9.21. The van der Waals surface area contributed by atoms with Crippen LogP contribution in [-0.2, 0) is 6.18 Å². The number of nitrogens with zero attached hydrogens (tertiary/aromatic N) is 1. The van der Waals surface area contributed by atoms with Crippen LogP contribution in [0.25, 0.3) is 10.9 Å². The number of carbonyl (C=O) groups is 1. The molecule has 5 nitrogen and oxygen atoms in total. The smallest absolute Gasteiger partial charge is 0.360 e. The van der Waals surface area contributed by atoms with E-state index >= 15 is 0 Å². The molecular weight excluding hydrogens is 431 g/mol. The summed E-state index contributed by atoms with van der Waals surface area (Å²) in [5, 5.41) is 2.58. The third-order valence-electron chi connectivity index (χ3n) is 6.09. The minimum Gasteiger partial charge on any atom is -0.360 e. The van der Waals surface area contributed by atoms with Crippen LogP contribution in [-0.4, -0.2) is 17.1 Å². The summed E-state index contributed by atoms with van der Waals surface area (Å²) in [6.07, 6.45) is 3.52. The topological polar surface area (TPSA) is 74.3 Å². The molecule has 1 saturated carbocycles. The standard InChI is InChI=1S/C25H24F3N3O2/c1-15-5-2-9-21-22(15)23(32)18(14-30-21)24(33)31-20-11-10-17(13-19(20)25(26,27)28)29-12-4-8-16-6-3-7-16/h2,5,9-14,16H,3-4,6-8H2,1H3,(H,30,32)(H,31,33)/b29-12+. The number of aromatic amines is 1. The molecule has 1 aromatic heterocycles. The van der Waals surface area contributed by atoms with Crippen molar-refractivity contribution in [3.05, 3.63) is 69.5 Å². The summed E-state index contributed by atoms with van der Waals surface area (Å²) in [6, 6.07) is 8.68. The molecule has 0 aliphatic heterocycles. The number of hydrogen-bond acceptors (Lipinski definition) is 3. The van der Waals surface area contributed by atoms with E-state index < -0.39 is 28.8 Å². The molecule has 1 aliphatic rings. The van der Waals surface area contributed by atoms with E-state index in [0.717, 1.165) is 12.5 Å². The van der Waals surface area contributed by atoms with E-state index in [0.29, 0.717) is 28.8 Å². The Morgan fingerprint density at radius 1 is 1.24 bits per heavy atom. The molecule has 2 aromatic carbocycles. The van der Waals surface area contributed by atoms with Gasteiger partial charge in [0.25, 0.3) is 5.91 Å². The Hall–Kier alpha value is -3.42. The van der Waals surface area contributed by atoms with Gasteiger partial charge in [0.1, 0.15) is 5.56 Å². The molecular formula is C25H24F3N3O2. The fourth-order valence-corrected chi connectivity index (χ4v) is 4.02. The van der Waals surface area contributed by atoms with Gasteiger partial charge in [0.05, 0.1) is 16.9 Å². The van der Waals surface area contributed by atoms with Gasteiger partial charge in [-0.25, -0.2) is 0 Å². The number of aliphatic imine (C=N–C) groups is 1. The Labute approximate surface area is 188 Å². The number of fused-ring (bicyclic) bond motifs is 1. The van der Waals surface area contributed by atoms with E-state index in [1.165, 1.54) is 37.6 Å². The SMILES string of the molecule is Cc1cccc2[nH]cc(C(=O)Nc3ccc(/N=C/CCC4CCC4)cc3C(F)(F)F)c(=O)c12. The van der Waals surface area contributed by atoms with Crippen LogP contribution in [0.2, 0.25) is 0 Å². The zero-order valence-electron chi connectivity index (χ0n) is 18.1. The average Bonchev–Trinajstić information content (AvgIpc) is 2.72.